The van der Waals surface area contributed by atoms with E-state index in [1.165, 1.54) is 24.2 Å². The maximum Gasteiger partial charge on any atom is 0.251 e. The molecule has 2 aliphatic rings. The van der Waals surface area contributed by atoms with Crippen LogP contribution in [0.1, 0.15) is 31.6 Å². The molecule has 2 fully saturated rings. The number of hydrogen-bond acceptors (Lipinski definition) is 6. The summed E-state index contributed by atoms with van der Waals surface area (Å²) in [6, 6.07) is 0.652. The summed E-state index contributed by atoms with van der Waals surface area (Å²) in [7, 11) is 0. The number of carbonyl (C=O) groups is 2. The third-order valence-electron chi connectivity index (χ3n) is 3.70. The van der Waals surface area contributed by atoms with Crippen LogP contribution in [0.25, 0.3) is 0 Å². The topological polar surface area (TPSA) is 74.3 Å². The zero-order valence-electron chi connectivity index (χ0n) is 11.6. The van der Waals surface area contributed by atoms with Gasteiger partial charge in [-0.1, -0.05) is 0 Å². The Bertz CT molecular complexity index is 550. The van der Waals surface area contributed by atoms with E-state index in [0.29, 0.717) is 6.04 Å². The fourth-order valence-electron chi connectivity index (χ4n) is 2.13. The minimum Gasteiger partial charge on any atom is -0.325 e. The Hall–Kier alpha value is -1.47. The largest absolute Gasteiger partial charge is 0.325 e. The Balaban J connectivity index is 1.76. The number of anilines is 1. The highest BCUT2D eigenvalue weighted by Crippen LogP contribution is 2.30. The van der Waals surface area contributed by atoms with Crippen LogP contribution in [0.2, 0.25) is 0 Å². The van der Waals surface area contributed by atoms with Crippen molar-refractivity contribution >= 4 is 28.3 Å². The van der Waals surface area contributed by atoms with Crippen molar-refractivity contribution < 1.29 is 9.59 Å². The molecule has 1 saturated carbocycles. The van der Waals surface area contributed by atoms with E-state index in [0.717, 1.165) is 16.6 Å². The van der Waals surface area contributed by atoms with Gasteiger partial charge in [-0.2, -0.15) is 0 Å². The van der Waals surface area contributed by atoms with Crippen molar-refractivity contribution in [3.05, 3.63) is 11.1 Å². The molecule has 2 heterocycles. The third kappa shape index (κ3) is 2.55. The van der Waals surface area contributed by atoms with Gasteiger partial charge in [0.25, 0.3) is 5.91 Å². The number of aromatic nitrogens is 1. The lowest BCUT2D eigenvalue weighted by Crippen LogP contribution is -2.64. The van der Waals surface area contributed by atoms with Crippen molar-refractivity contribution in [2.24, 2.45) is 0 Å². The Morgan fingerprint density at radius 1 is 1.50 bits per heavy atom. The Morgan fingerprint density at radius 3 is 2.95 bits per heavy atom. The highest BCUT2D eigenvalue weighted by Gasteiger charge is 2.42. The van der Waals surface area contributed by atoms with Gasteiger partial charge in [0.2, 0.25) is 5.91 Å². The molecule has 20 heavy (non-hydrogen) atoms. The number of amides is 2. The molecule has 1 aromatic heterocycles. The first-order valence-corrected chi connectivity index (χ1v) is 7.58. The highest BCUT2D eigenvalue weighted by molar-refractivity contribution is 7.15. The zero-order chi connectivity index (χ0) is 14.3. The van der Waals surface area contributed by atoms with E-state index in [4.69, 9.17) is 0 Å². The fourth-order valence-corrected chi connectivity index (χ4v) is 3.13. The lowest BCUT2D eigenvalue weighted by atomic mass is 10.00. The third-order valence-corrected chi connectivity index (χ3v) is 4.72. The average molecular weight is 294 g/mol. The maximum absolute atomic E-state index is 11.9. The van der Waals surface area contributed by atoms with Crippen LogP contribution >= 0.6 is 11.3 Å². The van der Waals surface area contributed by atoms with E-state index in [9.17, 15) is 9.59 Å². The molecule has 2 amide bonds. The van der Waals surface area contributed by atoms with Gasteiger partial charge in [-0.25, -0.2) is 4.98 Å². The molecule has 7 heteroatoms. The minimum atomic E-state index is -0.757. The summed E-state index contributed by atoms with van der Waals surface area (Å²) >= 11 is 1.54. The van der Waals surface area contributed by atoms with Crippen molar-refractivity contribution in [1.29, 1.82) is 0 Å². The molecular weight excluding hydrogens is 276 g/mol. The standard InChI is InChI=1S/C13H18N4O2S/c1-13(2)11(19)16-10(18)7-17(13)12-15-6-9(20-12)5-14-8-3-4-8/h6,8,14H,3-5,7H2,1-2H3,(H,16,18,19). The molecule has 1 aliphatic heterocycles. The van der Waals surface area contributed by atoms with Crippen molar-refractivity contribution in [2.45, 2.75) is 44.8 Å². The van der Waals surface area contributed by atoms with E-state index >= 15 is 0 Å². The molecule has 0 aromatic carbocycles. The second-order valence-electron chi connectivity index (χ2n) is 5.79. The molecule has 2 N–H and O–H groups in total. The summed E-state index contributed by atoms with van der Waals surface area (Å²) in [5, 5.41) is 6.53. The van der Waals surface area contributed by atoms with E-state index in [1.54, 1.807) is 18.7 Å². The summed E-state index contributed by atoms with van der Waals surface area (Å²) in [6.45, 7) is 4.58. The molecule has 1 aliphatic carbocycles. The predicted molar refractivity (Wildman–Crippen MR) is 76.6 cm³/mol. The van der Waals surface area contributed by atoms with Gasteiger partial charge in [0, 0.05) is 23.7 Å². The molecule has 0 atom stereocenters. The van der Waals surface area contributed by atoms with Gasteiger partial charge in [0.1, 0.15) is 12.1 Å². The average Bonchev–Trinajstić information content (AvgIpc) is 3.10. The summed E-state index contributed by atoms with van der Waals surface area (Å²) < 4.78 is 0. The van der Waals surface area contributed by atoms with Crippen LogP contribution in [0, 0.1) is 0 Å². The number of nitrogens with zero attached hydrogens (tertiary/aromatic N) is 2. The molecule has 1 aromatic rings. The minimum absolute atomic E-state index is 0.168. The lowest BCUT2D eigenvalue weighted by Gasteiger charge is -2.39. The molecule has 108 valence electrons. The zero-order valence-corrected chi connectivity index (χ0v) is 12.4. The second kappa shape index (κ2) is 4.82. The highest BCUT2D eigenvalue weighted by atomic mass is 32.1. The Labute approximate surface area is 121 Å². The van der Waals surface area contributed by atoms with E-state index in [2.05, 4.69) is 15.6 Å². The number of hydrogen-bond donors (Lipinski definition) is 2. The fraction of sp³-hybridized carbons (Fsp3) is 0.615. The van der Waals surface area contributed by atoms with Gasteiger partial charge >= 0.3 is 0 Å². The quantitative estimate of drug-likeness (QED) is 0.797. The van der Waals surface area contributed by atoms with Crippen LogP contribution in [0.5, 0.6) is 0 Å². The Kier molecular flexibility index (Phi) is 3.25. The van der Waals surface area contributed by atoms with Crippen LogP contribution in [0.4, 0.5) is 5.13 Å². The van der Waals surface area contributed by atoms with Crippen molar-refractivity contribution in [3.8, 4) is 0 Å². The van der Waals surface area contributed by atoms with Gasteiger partial charge in [0.15, 0.2) is 5.13 Å². The van der Waals surface area contributed by atoms with Crippen LogP contribution in [0.15, 0.2) is 6.20 Å². The van der Waals surface area contributed by atoms with Gasteiger partial charge in [-0.3, -0.25) is 14.9 Å². The van der Waals surface area contributed by atoms with E-state index in [1.807, 2.05) is 6.20 Å². The van der Waals surface area contributed by atoms with Crippen LogP contribution < -0.4 is 15.5 Å². The van der Waals surface area contributed by atoms with Crippen LogP contribution in [0.3, 0.4) is 0 Å². The summed E-state index contributed by atoms with van der Waals surface area (Å²) in [6.07, 6.45) is 4.32. The molecule has 0 spiro atoms. The first kappa shape index (κ1) is 13.5. The number of imide groups is 1. The van der Waals surface area contributed by atoms with Crippen LogP contribution in [-0.2, 0) is 16.1 Å². The first-order chi connectivity index (χ1) is 9.46. The van der Waals surface area contributed by atoms with Crippen LogP contribution in [-0.4, -0.2) is 34.9 Å². The number of nitrogens with one attached hydrogen (secondary N) is 2. The number of carbonyl (C=O) groups excluding carboxylic acids is 2. The maximum atomic E-state index is 11.9. The van der Waals surface area contributed by atoms with E-state index in [-0.39, 0.29) is 18.4 Å². The molecule has 0 bridgehead atoms. The van der Waals surface area contributed by atoms with Gasteiger partial charge < -0.3 is 10.2 Å². The first-order valence-electron chi connectivity index (χ1n) is 6.77. The predicted octanol–water partition coefficient (Wildman–Crippen LogP) is 0.636. The smallest absolute Gasteiger partial charge is 0.251 e. The normalized spacial score (nSPS) is 22.0. The number of rotatable bonds is 4. The van der Waals surface area contributed by atoms with Crippen molar-refractivity contribution in [3.63, 3.8) is 0 Å². The monoisotopic (exact) mass is 294 g/mol. The Morgan fingerprint density at radius 2 is 2.25 bits per heavy atom. The second-order valence-corrected chi connectivity index (χ2v) is 6.88. The van der Waals surface area contributed by atoms with Crippen molar-refractivity contribution in [2.75, 3.05) is 11.4 Å². The molecule has 0 radical (unpaired) electrons. The van der Waals surface area contributed by atoms with Gasteiger partial charge in [0.05, 0.1) is 0 Å². The summed E-state index contributed by atoms with van der Waals surface area (Å²) in [5.41, 5.74) is -0.757. The van der Waals surface area contributed by atoms with Gasteiger partial charge in [-0.15, -0.1) is 11.3 Å². The van der Waals surface area contributed by atoms with Crippen molar-refractivity contribution in [1.82, 2.24) is 15.6 Å². The number of thiazole rings is 1. The molecule has 0 unspecified atom stereocenters. The molecule has 6 nitrogen and oxygen atoms in total. The summed E-state index contributed by atoms with van der Waals surface area (Å²) in [4.78, 5) is 30.8. The number of piperazine rings is 1. The van der Waals surface area contributed by atoms with Gasteiger partial charge in [-0.05, 0) is 26.7 Å². The molecular formula is C13H18N4O2S. The van der Waals surface area contributed by atoms with E-state index < -0.39 is 5.54 Å². The summed E-state index contributed by atoms with van der Waals surface area (Å²) in [5.74, 6) is -0.552. The molecule has 1 saturated heterocycles. The SMILES string of the molecule is CC1(C)C(=O)NC(=O)CN1c1ncc(CNC2CC2)s1. The molecule has 3 rings (SSSR count). The lowest BCUT2D eigenvalue weighted by molar-refractivity contribution is -0.135.